The zero-order valence-electron chi connectivity index (χ0n) is 11.1. The maximum absolute atomic E-state index is 11.9. The molecule has 0 saturated heterocycles. The number of aryl methyl sites for hydroxylation is 1. The van der Waals surface area contributed by atoms with Crippen LogP contribution in [0.2, 0.25) is 0 Å². The van der Waals surface area contributed by atoms with Gasteiger partial charge in [0.1, 0.15) is 11.8 Å². The lowest BCUT2D eigenvalue weighted by molar-refractivity contribution is -0.139. The van der Waals surface area contributed by atoms with Gasteiger partial charge in [-0.15, -0.1) is 0 Å². The maximum Gasteiger partial charge on any atom is 0.326 e. The van der Waals surface area contributed by atoms with Gasteiger partial charge in [0.05, 0.1) is 0 Å². The Labute approximate surface area is 112 Å². The van der Waals surface area contributed by atoms with E-state index in [1.165, 1.54) is 18.2 Å². The van der Waals surface area contributed by atoms with Gasteiger partial charge in [-0.25, -0.2) is 4.79 Å². The smallest absolute Gasteiger partial charge is 0.326 e. The highest BCUT2D eigenvalue weighted by molar-refractivity contribution is 5.96. The molecule has 0 saturated carbocycles. The summed E-state index contributed by atoms with van der Waals surface area (Å²) in [6, 6.07) is 3.55. The van der Waals surface area contributed by atoms with Crippen molar-refractivity contribution >= 4 is 11.9 Å². The second-order valence-corrected chi connectivity index (χ2v) is 4.51. The van der Waals surface area contributed by atoms with E-state index in [4.69, 9.17) is 5.11 Å². The topological polar surface area (TPSA) is 86.6 Å². The van der Waals surface area contributed by atoms with Crippen LogP contribution in [0.4, 0.5) is 0 Å². The number of carboxylic acids is 1. The van der Waals surface area contributed by atoms with Crippen LogP contribution in [0.5, 0.6) is 5.75 Å². The fraction of sp³-hybridized carbons (Fsp3) is 0.429. The molecule has 0 bridgehead atoms. The van der Waals surface area contributed by atoms with Gasteiger partial charge in [-0.05, 0) is 37.1 Å². The standard InChI is InChI=1S/C14H19NO4/c1-3-4-5-11(14(18)19)15-13(17)10-6-7-12(16)9(2)8-10/h6-8,11,16H,3-5H2,1-2H3,(H,15,17)(H,18,19). The average Bonchev–Trinajstić information content (AvgIpc) is 2.37. The second-order valence-electron chi connectivity index (χ2n) is 4.51. The molecule has 5 heteroatoms. The van der Waals surface area contributed by atoms with Crippen LogP contribution in [0.15, 0.2) is 18.2 Å². The van der Waals surface area contributed by atoms with E-state index < -0.39 is 17.9 Å². The SMILES string of the molecule is CCCCC(NC(=O)c1ccc(O)c(C)c1)C(=O)O. The molecule has 1 rings (SSSR count). The summed E-state index contributed by atoms with van der Waals surface area (Å²) < 4.78 is 0. The molecular weight excluding hydrogens is 246 g/mol. The highest BCUT2D eigenvalue weighted by Crippen LogP contribution is 2.17. The molecule has 1 atom stereocenters. The summed E-state index contributed by atoms with van der Waals surface area (Å²) in [6.45, 7) is 3.64. The van der Waals surface area contributed by atoms with Crippen molar-refractivity contribution in [3.8, 4) is 5.75 Å². The number of rotatable bonds is 6. The zero-order valence-corrected chi connectivity index (χ0v) is 11.1. The molecule has 1 amide bonds. The van der Waals surface area contributed by atoms with E-state index >= 15 is 0 Å². The monoisotopic (exact) mass is 265 g/mol. The first-order valence-electron chi connectivity index (χ1n) is 6.29. The van der Waals surface area contributed by atoms with Gasteiger partial charge in [-0.1, -0.05) is 19.8 Å². The number of phenolic OH excluding ortho intramolecular Hbond substituents is 1. The first-order valence-corrected chi connectivity index (χ1v) is 6.29. The Morgan fingerprint density at radius 2 is 2.05 bits per heavy atom. The van der Waals surface area contributed by atoms with Crippen molar-refractivity contribution in [2.24, 2.45) is 0 Å². The number of hydrogen-bond acceptors (Lipinski definition) is 3. The minimum atomic E-state index is -1.03. The highest BCUT2D eigenvalue weighted by atomic mass is 16.4. The third-order valence-electron chi connectivity index (χ3n) is 2.91. The molecule has 0 aliphatic carbocycles. The van der Waals surface area contributed by atoms with Crippen LogP contribution in [0.1, 0.15) is 42.1 Å². The quantitative estimate of drug-likeness (QED) is 0.735. The van der Waals surface area contributed by atoms with Gasteiger partial charge < -0.3 is 15.5 Å². The van der Waals surface area contributed by atoms with Gasteiger partial charge in [0.25, 0.3) is 5.91 Å². The molecule has 0 aliphatic rings. The summed E-state index contributed by atoms with van der Waals surface area (Å²) >= 11 is 0. The van der Waals surface area contributed by atoms with E-state index in [9.17, 15) is 14.7 Å². The first-order chi connectivity index (χ1) is 8.95. The molecular formula is C14H19NO4. The van der Waals surface area contributed by atoms with Crippen LogP contribution in [0.3, 0.4) is 0 Å². The van der Waals surface area contributed by atoms with Crippen LogP contribution in [0.25, 0.3) is 0 Å². The molecule has 0 fully saturated rings. The average molecular weight is 265 g/mol. The summed E-state index contributed by atoms with van der Waals surface area (Å²) in [4.78, 5) is 23.0. The number of amides is 1. The molecule has 0 radical (unpaired) electrons. The number of aromatic hydroxyl groups is 1. The molecule has 0 aromatic heterocycles. The number of hydrogen-bond donors (Lipinski definition) is 3. The van der Waals surface area contributed by atoms with Crippen LogP contribution in [-0.2, 0) is 4.79 Å². The lowest BCUT2D eigenvalue weighted by Gasteiger charge is -2.14. The van der Waals surface area contributed by atoms with E-state index in [0.29, 0.717) is 17.5 Å². The maximum atomic E-state index is 11.9. The van der Waals surface area contributed by atoms with Crippen molar-refractivity contribution in [1.82, 2.24) is 5.32 Å². The minimum absolute atomic E-state index is 0.109. The normalized spacial score (nSPS) is 11.9. The van der Waals surface area contributed by atoms with E-state index in [-0.39, 0.29) is 5.75 Å². The van der Waals surface area contributed by atoms with Crippen LogP contribution in [-0.4, -0.2) is 28.1 Å². The number of aliphatic carboxylic acids is 1. The number of carbonyl (C=O) groups is 2. The molecule has 0 spiro atoms. The number of phenols is 1. The van der Waals surface area contributed by atoms with E-state index in [1.807, 2.05) is 6.92 Å². The Balaban J connectivity index is 2.75. The third kappa shape index (κ3) is 4.28. The lowest BCUT2D eigenvalue weighted by Crippen LogP contribution is -2.40. The van der Waals surface area contributed by atoms with Crippen molar-refractivity contribution in [1.29, 1.82) is 0 Å². The molecule has 19 heavy (non-hydrogen) atoms. The van der Waals surface area contributed by atoms with Gasteiger partial charge in [-0.2, -0.15) is 0 Å². The number of carbonyl (C=O) groups excluding carboxylic acids is 1. The predicted octanol–water partition coefficient (Wildman–Crippen LogP) is 2.07. The molecule has 1 aromatic carbocycles. The predicted molar refractivity (Wildman–Crippen MR) is 71.3 cm³/mol. The van der Waals surface area contributed by atoms with E-state index in [0.717, 1.165) is 12.8 Å². The zero-order chi connectivity index (χ0) is 14.4. The van der Waals surface area contributed by atoms with E-state index in [1.54, 1.807) is 6.92 Å². The molecule has 0 heterocycles. The summed E-state index contributed by atoms with van der Waals surface area (Å²) in [5, 5.41) is 20.9. The van der Waals surface area contributed by atoms with Crippen molar-refractivity contribution in [3.05, 3.63) is 29.3 Å². The van der Waals surface area contributed by atoms with E-state index in [2.05, 4.69) is 5.32 Å². The third-order valence-corrected chi connectivity index (χ3v) is 2.91. The molecule has 1 aromatic rings. The van der Waals surface area contributed by atoms with Crippen LogP contribution < -0.4 is 5.32 Å². The summed E-state index contributed by atoms with van der Waals surface area (Å²) in [5.41, 5.74) is 0.922. The van der Waals surface area contributed by atoms with Gasteiger partial charge in [0.15, 0.2) is 0 Å². The molecule has 5 nitrogen and oxygen atoms in total. The molecule has 3 N–H and O–H groups in total. The van der Waals surface area contributed by atoms with Crippen molar-refractivity contribution < 1.29 is 19.8 Å². The van der Waals surface area contributed by atoms with Crippen molar-refractivity contribution in [2.75, 3.05) is 0 Å². The fourth-order valence-corrected chi connectivity index (χ4v) is 1.70. The highest BCUT2D eigenvalue weighted by Gasteiger charge is 2.20. The lowest BCUT2D eigenvalue weighted by atomic mass is 10.1. The number of carboxylic acid groups (broad SMARTS) is 1. The summed E-state index contributed by atoms with van der Waals surface area (Å²) in [7, 11) is 0. The van der Waals surface area contributed by atoms with Crippen LogP contribution >= 0.6 is 0 Å². The van der Waals surface area contributed by atoms with Crippen LogP contribution in [0, 0.1) is 6.92 Å². The Bertz CT molecular complexity index is 471. The Morgan fingerprint density at radius 3 is 2.58 bits per heavy atom. The fourth-order valence-electron chi connectivity index (χ4n) is 1.70. The number of benzene rings is 1. The Morgan fingerprint density at radius 1 is 1.37 bits per heavy atom. The summed E-state index contributed by atoms with van der Waals surface area (Å²) in [5.74, 6) is -1.36. The Kier molecular flexibility index (Phi) is 5.36. The van der Waals surface area contributed by atoms with Gasteiger partial charge in [-0.3, -0.25) is 4.79 Å². The largest absolute Gasteiger partial charge is 0.508 e. The molecule has 104 valence electrons. The van der Waals surface area contributed by atoms with Gasteiger partial charge in [0.2, 0.25) is 0 Å². The number of unbranched alkanes of at least 4 members (excludes halogenated alkanes) is 1. The second kappa shape index (κ2) is 6.78. The number of nitrogens with one attached hydrogen (secondary N) is 1. The van der Waals surface area contributed by atoms with Gasteiger partial charge >= 0.3 is 5.97 Å². The minimum Gasteiger partial charge on any atom is -0.508 e. The Hall–Kier alpha value is -2.04. The van der Waals surface area contributed by atoms with Crippen molar-refractivity contribution in [2.45, 2.75) is 39.2 Å². The molecule has 1 unspecified atom stereocenters. The van der Waals surface area contributed by atoms with Crippen molar-refractivity contribution in [3.63, 3.8) is 0 Å². The first kappa shape index (κ1) is 15.0. The summed E-state index contributed by atoms with van der Waals surface area (Å²) in [6.07, 6.45) is 2.03. The van der Waals surface area contributed by atoms with Gasteiger partial charge in [0, 0.05) is 5.56 Å². The molecule has 0 aliphatic heterocycles.